The Morgan fingerprint density at radius 2 is 2.17 bits per heavy atom. The highest BCUT2D eigenvalue weighted by atomic mass is 16.5. The summed E-state index contributed by atoms with van der Waals surface area (Å²) in [5.74, 6) is 0.897. The van der Waals surface area contributed by atoms with Crippen LogP contribution in [0.4, 0.5) is 0 Å². The molecule has 2 rings (SSSR count). The highest BCUT2D eigenvalue weighted by Crippen LogP contribution is 2.15. The Labute approximate surface area is 108 Å². The molecule has 0 aliphatic rings. The van der Waals surface area contributed by atoms with E-state index in [2.05, 4.69) is 4.98 Å². The highest BCUT2D eigenvalue weighted by Gasteiger charge is 2.05. The van der Waals surface area contributed by atoms with E-state index >= 15 is 0 Å². The smallest absolute Gasteiger partial charge is 0.119 e. The van der Waals surface area contributed by atoms with Crippen molar-refractivity contribution in [3.05, 3.63) is 59.9 Å². The molecule has 1 unspecified atom stereocenters. The number of ether oxygens (including phenoxy) is 1. The maximum atomic E-state index is 6.07. The third-order valence-corrected chi connectivity index (χ3v) is 2.80. The molecule has 0 saturated heterocycles. The minimum absolute atomic E-state index is 0.0245. The van der Waals surface area contributed by atoms with Crippen molar-refractivity contribution in [3.8, 4) is 5.75 Å². The Bertz CT molecular complexity index is 485. The molecule has 0 radical (unpaired) electrons. The van der Waals surface area contributed by atoms with E-state index in [0.717, 1.165) is 17.7 Å². The van der Waals surface area contributed by atoms with Crippen molar-refractivity contribution in [3.63, 3.8) is 0 Å². The van der Waals surface area contributed by atoms with Crippen LogP contribution in [-0.2, 0) is 0 Å². The Morgan fingerprint density at radius 1 is 1.28 bits per heavy atom. The number of nitrogens with zero attached hydrogens (tertiary/aromatic N) is 1. The van der Waals surface area contributed by atoms with Gasteiger partial charge in [0.25, 0.3) is 0 Å². The van der Waals surface area contributed by atoms with Gasteiger partial charge >= 0.3 is 0 Å². The van der Waals surface area contributed by atoms with Gasteiger partial charge in [0, 0.05) is 24.9 Å². The molecule has 3 nitrogen and oxygen atoms in total. The average Bonchev–Trinajstić information content (AvgIpc) is 2.40. The molecular formula is C15H18N2O. The van der Waals surface area contributed by atoms with Gasteiger partial charge in [0.1, 0.15) is 5.75 Å². The van der Waals surface area contributed by atoms with Gasteiger partial charge in [-0.25, -0.2) is 0 Å². The number of aromatic nitrogens is 1. The largest absolute Gasteiger partial charge is 0.494 e. The van der Waals surface area contributed by atoms with E-state index < -0.39 is 0 Å². The van der Waals surface area contributed by atoms with Crippen LogP contribution >= 0.6 is 0 Å². The summed E-state index contributed by atoms with van der Waals surface area (Å²) in [6.45, 7) is 2.66. The second-order valence-electron chi connectivity index (χ2n) is 4.35. The number of benzene rings is 1. The van der Waals surface area contributed by atoms with Crippen molar-refractivity contribution in [1.82, 2.24) is 4.98 Å². The van der Waals surface area contributed by atoms with Gasteiger partial charge in [-0.3, -0.25) is 4.98 Å². The van der Waals surface area contributed by atoms with Crippen LogP contribution in [0.3, 0.4) is 0 Å². The van der Waals surface area contributed by atoms with E-state index in [1.165, 1.54) is 5.56 Å². The molecule has 0 saturated carbocycles. The minimum atomic E-state index is -0.0245. The molecular weight excluding hydrogens is 224 g/mol. The topological polar surface area (TPSA) is 48.1 Å². The number of rotatable bonds is 5. The Hall–Kier alpha value is -1.87. The monoisotopic (exact) mass is 242 g/mol. The number of hydrogen-bond donors (Lipinski definition) is 1. The van der Waals surface area contributed by atoms with E-state index in [1.807, 2.05) is 43.3 Å². The van der Waals surface area contributed by atoms with Crippen molar-refractivity contribution < 1.29 is 4.74 Å². The zero-order valence-electron chi connectivity index (χ0n) is 10.5. The molecule has 1 aromatic heterocycles. The first-order valence-electron chi connectivity index (χ1n) is 6.10. The number of hydrogen-bond acceptors (Lipinski definition) is 3. The van der Waals surface area contributed by atoms with Crippen molar-refractivity contribution in [2.45, 2.75) is 19.4 Å². The van der Waals surface area contributed by atoms with E-state index in [9.17, 15) is 0 Å². The molecule has 0 spiro atoms. The minimum Gasteiger partial charge on any atom is -0.494 e. The summed E-state index contributed by atoms with van der Waals surface area (Å²) >= 11 is 0. The summed E-state index contributed by atoms with van der Waals surface area (Å²) in [5, 5.41) is 0. The normalized spacial score (nSPS) is 12.1. The fourth-order valence-corrected chi connectivity index (χ4v) is 1.77. The van der Waals surface area contributed by atoms with Crippen LogP contribution in [-0.4, -0.2) is 11.6 Å². The summed E-state index contributed by atoms with van der Waals surface area (Å²) in [6, 6.07) is 11.9. The molecule has 1 atom stereocenters. The second-order valence-corrected chi connectivity index (χ2v) is 4.35. The number of nitrogens with two attached hydrogens (primary N) is 1. The van der Waals surface area contributed by atoms with Crippen molar-refractivity contribution >= 4 is 0 Å². The summed E-state index contributed by atoms with van der Waals surface area (Å²) in [6.07, 6.45) is 4.33. The SMILES string of the molecule is Cc1cccc(OCCC(N)c2cccnc2)c1. The lowest BCUT2D eigenvalue weighted by Crippen LogP contribution is -2.14. The summed E-state index contributed by atoms with van der Waals surface area (Å²) in [4.78, 5) is 4.06. The van der Waals surface area contributed by atoms with Gasteiger partial charge in [0.15, 0.2) is 0 Å². The zero-order valence-corrected chi connectivity index (χ0v) is 10.5. The first-order chi connectivity index (χ1) is 8.75. The first-order valence-corrected chi connectivity index (χ1v) is 6.10. The first kappa shape index (κ1) is 12.6. The molecule has 0 aliphatic carbocycles. The van der Waals surface area contributed by atoms with E-state index in [-0.39, 0.29) is 6.04 Å². The van der Waals surface area contributed by atoms with Crippen LogP contribution < -0.4 is 10.5 Å². The quantitative estimate of drug-likeness (QED) is 0.877. The number of aryl methyl sites for hydroxylation is 1. The number of pyridine rings is 1. The van der Waals surface area contributed by atoms with Gasteiger partial charge in [-0.05, 0) is 36.2 Å². The maximum absolute atomic E-state index is 6.07. The van der Waals surface area contributed by atoms with Crippen LogP contribution in [0.5, 0.6) is 5.75 Å². The Balaban J connectivity index is 1.82. The molecule has 1 heterocycles. The lowest BCUT2D eigenvalue weighted by molar-refractivity contribution is 0.298. The summed E-state index contributed by atoms with van der Waals surface area (Å²) in [7, 11) is 0. The lowest BCUT2D eigenvalue weighted by Gasteiger charge is -2.12. The average molecular weight is 242 g/mol. The van der Waals surface area contributed by atoms with Crippen LogP contribution in [0.1, 0.15) is 23.6 Å². The third-order valence-electron chi connectivity index (χ3n) is 2.80. The van der Waals surface area contributed by atoms with Crippen molar-refractivity contribution in [2.75, 3.05) is 6.61 Å². The molecule has 0 aliphatic heterocycles. The summed E-state index contributed by atoms with van der Waals surface area (Å²) in [5.41, 5.74) is 8.31. The van der Waals surface area contributed by atoms with Gasteiger partial charge in [0.2, 0.25) is 0 Å². The molecule has 18 heavy (non-hydrogen) atoms. The molecule has 3 heteroatoms. The Kier molecular flexibility index (Phi) is 4.31. The van der Waals surface area contributed by atoms with Crippen LogP contribution in [0.25, 0.3) is 0 Å². The van der Waals surface area contributed by atoms with Gasteiger partial charge in [0.05, 0.1) is 6.61 Å². The molecule has 94 valence electrons. The fourth-order valence-electron chi connectivity index (χ4n) is 1.77. The van der Waals surface area contributed by atoms with Crippen LogP contribution in [0.15, 0.2) is 48.8 Å². The maximum Gasteiger partial charge on any atom is 0.119 e. The zero-order chi connectivity index (χ0) is 12.8. The van der Waals surface area contributed by atoms with Gasteiger partial charge in [-0.1, -0.05) is 18.2 Å². The molecule has 1 aromatic carbocycles. The Morgan fingerprint density at radius 3 is 2.89 bits per heavy atom. The predicted molar refractivity (Wildman–Crippen MR) is 72.5 cm³/mol. The lowest BCUT2D eigenvalue weighted by atomic mass is 10.1. The highest BCUT2D eigenvalue weighted by molar-refractivity contribution is 5.27. The van der Waals surface area contributed by atoms with Gasteiger partial charge in [-0.15, -0.1) is 0 Å². The fraction of sp³-hybridized carbons (Fsp3) is 0.267. The van der Waals surface area contributed by atoms with Gasteiger partial charge < -0.3 is 10.5 Å². The van der Waals surface area contributed by atoms with E-state index in [1.54, 1.807) is 12.4 Å². The second kappa shape index (κ2) is 6.17. The molecule has 2 N–H and O–H groups in total. The van der Waals surface area contributed by atoms with Crippen LogP contribution in [0.2, 0.25) is 0 Å². The molecule has 2 aromatic rings. The standard InChI is InChI=1S/C15H18N2O/c1-12-4-2-6-14(10-12)18-9-7-15(16)13-5-3-8-17-11-13/h2-6,8,10-11,15H,7,9,16H2,1H3. The predicted octanol–water partition coefficient (Wildman–Crippen LogP) is 2.86. The van der Waals surface area contributed by atoms with Crippen molar-refractivity contribution in [1.29, 1.82) is 0 Å². The van der Waals surface area contributed by atoms with Crippen molar-refractivity contribution in [2.24, 2.45) is 5.73 Å². The van der Waals surface area contributed by atoms with Crippen LogP contribution in [0, 0.1) is 6.92 Å². The van der Waals surface area contributed by atoms with E-state index in [0.29, 0.717) is 6.61 Å². The molecule has 0 amide bonds. The van der Waals surface area contributed by atoms with E-state index in [4.69, 9.17) is 10.5 Å². The molecule has 0 fully saturated rings. The van der Waals surface area contributed by atoms with Gasteiger partial charge in [-0.2, -0.15) is 0 Å². The third kappa shape index (κ3) is 3.57. The molecule has 0 bridgehead atoms. The summed E-state index contributed by atoms with van der Waals surface area (Å²) < 4.78 is 5.68.